The summed E-state index contributed by atoms with van der Waals surface area (Å²) in [5.74, 6) is 0.838. The fourth-order valence-corrected chi connectivity index (χ4v) is 2.54. The SMILES string of the molecule is CCCNC(c1ncccc1OC)C1CCCCO1. The monoisotopic (exact) mass is 264 g/mol. The molecule has 1 aromatic heterocycles. The molecule has 0 spiro atoms. The molecule has 0 aliphatic carbocycles. The lowest BCUT2D eigenvalue weighted by molar-refractivity contribution is -0.00951. The number of ether oxygens (including phenoxy) is 2. The van der Waals surface area contributed by atoms with Gasteiger partial charge in [0.25, 0.3) is 0 Å². The standard InChI is InChI=1S/C15H24N2O2/c1-3-9-16-15(13-7-4-5-11-19-13)14-12(18-2)8-6-10-17-14/h6,8,10,13,15-16H,3-5,7,9,11H2,1-2H3. The van der Waals surface area contributed by atoms with E-state index in [2.05, 4.69) is 17.2 Å². The minimum Gasteiger partial charge on any atom is -0.495 e. The van der Waals surface area contributed by atoms with Gasteiger partial charge < -0.3 is 14.8 Å². The van der Waals surface area contributed by atoms with Crippen LogP contribution >= 0.6 is 0 Å². The summed E-state index contributed by atoms with van der Waals surface area (Å²) in [7, 11) is 1.69. The topological polar surface area (TPSA) is 43.4 Å². The zero-order valence-electron chi connectivity index (χ0n) is 11.9. The lowest BCUT2D eigenvalue weighted by atomic mass is 9.98. The van der Waals surface area contributed by atoms with Crippen LogP contribution in [0, 0.1) is 0 Å². The molecule has 19 heavy (non-hydrogen) atoms. The molecule has 1 saturated heterocycles. The maximum atomic E-state index is 5.93. The van der Waals surface area contributed by atoms with Crippen molar-refractivity contribution in [3.8, 4) is 5.75 Å². The number of hydrogen-bond donors (Lipinski definition) is 1. The van der Waals surface area contributed by atoms with Crippen molar-refractivity contribution >= 4 is 0 Å². The molecule has 2 heterocycles. The van der Waals surface area contributed by atoms with Gasteiger partial charge in [-0.15, -0.1) is 0 Å². The first-order valence-electron chi connectivity index (χ1n) is 7.20. The van der Waals surface area contributed by atoms with Crippen LogP contribution in [-0.4, -0.2) is 31.3 Å². The van der Waals surface area contributed by atoms with E-state index in [1.807, 2.05) is 18.3 Å². The Bertz CT molecular complexity index is 378. The minimum atomic E-state index is 0.122. The van der Waals surface area contributed by atoms with Gasteiger partial charge in [-0.1, -0.05) is 6.92 Å². The van der Waals surface area contributed by atoms with E-state index in [4.69, 9.17) is 9.47 Å². The number of hydrogen-bond acceptors (Lipinski definition) is 4. The summed E-state index contributed by atoms with van der Waals surface area (Å²) in [5, 5.41) is 3.56. The van der Waals surface area contributed by atoms with Crippen LogP contribution in [0.1, 0.15) is 44.3 Å². The van der Waals surface area contributed by atoms with Gasteiger partial charge in [0, 0.05) is 12.8 Å². The summed E-state index contributed by atoms with van der Waals surface area (Å²) in [6.07, 6.45) is 6.59. The van der Waals surface area contributed by atoms with Gasteiger partial charge in [-0.2, -0.15) is 0 Å². The second kappa shape index (κ2) is 7.46. The number of nitrogens with zero attached hydrogens (tertiary/aromatic N) is 1. The van der Waals surface area contributed by atoms with E-state index in [0.29, 0.717) is 0 Å². The summed E-state index contributed by atoms with van der Waals surface area (Å²) in [6, 6.07) is 3.99. The Labute approximate surface area is 115 Å². The molecule has 0 saturated carbocycles. The van der Waals surface area contributed by atoms with Gasteiger partial charge >= 0.3 is 0 Å². The third-order valence-electron chi connectivity index (χ3n) is 3.52. The van der Waals surface area contributed by atoms with Gasteiger partial charge in [0.15, 0.2) is 0 Å². The van der Waals surface area contributed by atoms with Gasteiger partial charge in [-0.05, 0) is 44.4 Å². The molecule has 1 N–H and O–H groups in total. The Morgan fingerprint density at radius 1 is 1.53 bits per heavy atom. The third kappa shape index (κ3) is 3.67. The molecule has 4 heteroatoms. The number of nitrogens with one attached hydrogen (secondary N) is 1. The Kier molecular flexibility index (Phi) is 5.61. The van der Waals surface area contributed by atoms with Crippen molar-refractivity contribution in [1.29, 1.82) is 0 Å². The highest BCUT2D eigenvalue weighted by Crippen LogP contribution is 2.30. The molecule has 2 unspecified atom stereocenters. The Balaban J connectivity index is 2.19. The average Bonchev–Trinajstić information content (AvgIpc) is 2.49. The summed E-state index contributed by atoms with van der Waals surface area (Å²) in [4.78, 5) is 4.51. The maximum Gasteiger partial charge on any atom is 0.142 e. The van der Waals surface area contributed by atoms with Crippen LogP contribution in [0.15, 0.2) is 18.3 Å². The van der Waals surface area contributed by atoms with E-state index in [1.54, 1.807) is 7.11 Å². The zero-order chi connectivity index (χ0) is 13.5. The molecule has 1 aromatic rings. The summed E-state index contributed by atoms with van der Waals surface area (Å²) in [6.45, 7) is 3.98. The predicted molar refractivity (Wildman–Crippen MR) is 75.4 cm³/mol. The molecule has 106 valence electrons. The number of aromatic nitrogens is 1. The van der Waals surface area contributed by atoms with Crippen LogP contribution in [0.2, 0.25) is 0 Å². The number of rotatable bonds is 6. The highest BCUT2D eigenvalue weighted by molar-refractivity contribution is 5.30. The first-order valence-corrected chi connectivity index (χ1v) is 7.20. The Hall–Kier alpha value is -1.13. The highest BCUT2D eigenvalue weighted by atomic mass is 16.5. The molecule has 1 aliphatic heterocycles. The summed E-state index contributed by atoms with van der Waals surface area (Å²) >= 11 is 0. The zero-order valence-corrected chi connectivity index (χ0v) is 11.9. The molecule has 2 atom stereocenters. The molecule has 4 nitrogen and oxygen atoms in total. The summed E-state index contributed by atoms with van der Waals surface area (Å²) in [5.41, 5.74) is 0.963. The van der Waals surface area contributed by atoms with E-state index < -0.39 is 0 Å². The van der Waals surface area contributed by atoms with Crippen molar-refractivity contribution in [3.05, 3.63) is 24.0 Å². The molecule has 0 radical (unpaired) electrons. The van der Waals surface area contributed by atoms with Crippen molar-refractivity contribution in [2.75, 3.05) is 20.3 Å². The molecule has 0 bridgehead atoms. The molecule has 1 aliphatic rings. The van der Waals surface area contributed by atoms with Gasteiger partial charge in [-0.25, -0.2) is 0 Å². The molecular formula is C15H24N2O2. The normalized spacial score (nSPS) is 21.1. The van der Waals surface area contributed by atoms with E-state index in [9.17, 15) is 0 Å². The number of pyridine rings is 1. The van der Waals surface area contributed by atoms with E-state index >= 15 is 0 Å². The van der Waals surface area contributed by atoms with Crippen LogP contribution in [0.4, 0.5) is 0 Å². The van der Waals surface area contributed by atoms with Gasteiger partial charge in [0.2, 0.25) is 0 Å². The number of methoxy groups -OCH3 is 1. The smallest absolute Gasteiger partial charge is 0.142 e. The van der Waals surface area contributed by atoms with Crippen molar-refractivity contribution in [2.24, 2.45) is 0 Å². The predicted octanol–water partition coefficient (Wildman–Crippen LogP) is 2.70. The van der Waals surface area contributed by atoms with Crippen molar-refractivity contribution < 1.29 is 9.47 Å². The Morgan fingerprint density at radius 3 is 3.11 bits per heavy atom. The fraction of sp³-hybridized carbons (Fsp3) is 0.667. The molecule has 1 fully saturated rings. The largest absolute Gasteiger partial charge is 0.495 e. The minimum absolute atomic E-state index is 0.122. The molecule has 0 amide bonds. The van der Waals surface area contributed by atoms with E-state index in [-0.39, 0.29) is 12.1 Å². The van der Waals surface area contributed by atoms with Gasteiger partial charge in [0.05, 0.1) is 19.3 Å². The van der Waals surface area contributed by atoms with Crippen LogP contribution in [-0.2, 0) is 4.74 Å². The van der Waals surface area contributed by atoms with Crippen LogP contribution < -0.4 is 10.1 Å². The maximum absolute atomic E-state index is 5.93. The summed E-state index contributed by atoms with van der Waals surface area (Å²) < 4.78 is 11.4. The third-order valence-corrected chi connectivity index (χ3v) is 3.52. The van der Waals surface area contributed by atoms with Gasteiger partial charge in [0.1, 0.15) is 11.4 Å². The van der Waals surface area contributed by atoms with Crippen LogP contribution in [0.3, 0.4) is 0 Å². The fourth-order valence-electron chi connectivity index (χ4n) is 2.54. The second-order valence-electron chi connectivity index (χ2n) is 4.93. The first-order chi connectivity index (χ1) is 9.36. The Morgan fingerprint density at radius 2 is 2.42 bits per heavy atom. The quantitative estimate of drug-likeness (QED) is 0.858. The lowest BCUT2D eigenvalue weighted by Gasteiger charge is -2.31. The first kappa shape index (κ1) is 14.3. The van der Waals surface area contributed by atoms with Crippen molar-refractivity contribution in [3.63, 3.8) is 0 Å². The lowest BCUT2D eigenvalue weighted by Crippen LogP contribution is -2.37. The van der Waals surface area contributed by atoms with E-state index in [1.165, 1.54) is 6.42 Å². The average molecular weight is 264 g/mol. The van der Waals surface area contributed by atoms with Crippen LogP contribution in [0.25, 0.3) is 0 Å². The molecular weight excluding hydrogens is 240 g/mol. The van der Waals surface area contributed by atoms with Crippen molar-refractivity contribution in [2.45, 2.75) is 44.8 Å². The highest BCUT2D eigenvalue weighted by Gasteiger charge is 2.28. The van der Waals surface area contributed by atoms with Gasteiger partial charge in [-0.3, -0.25) is 4.98 Å². The van der Waals surface area contributed by atoms with Crippen molar-refractivity contribution in [1.82, 2.24) is 10.3 Å². The van der Waals surface area contributed by atoms with E-state index in [0.717, 1.165) is 43.9 Å². The second-order valence-corrected chi connectivity index (χ2v) is 4.93. The molecule has 2 rings (SSSR count). The van der Waals surface area contributed by atoms with Crippen LogP contribution in [0.5, 0.6) is 5.75 Å². The molecule has 0 aromatic carbocycles.